The Morgan fingerprint density at radius 3 is 2.26 bits per heavy atom. The number of hydrazone groups is 1. The fourth-order valence-corrected chi connectivity index (χ4v) is 3.34. The highest BCUT2D eigenvalue weighted by Gasteiger charge is 2.27. The maximum absolute atomic E-state index is 13.1. The first-order chi connectivity index (χ1) is 16.6. The van der Waals surface area contributed by atoms with Crippen molar-refractivity contribution in [3.05, 3.63) is 118 Å². The van der Waals surface area contributed by atoms with Crippen molar-refractivity contribution in [2.75, 3.05) is 0 Å². The normalized spacial score (nSPS) is 12.1. The molecule has 0 aliphatic rings. The van der Waals surface area contributed by atoms with Gasteiger partial charge in [-0.25, -0.2) is 10.5 Å². The topological polar surface area (TPSA) is 116 Å². The Kier molecular flexibility index (Phi) is 7.00. The maximum Gasteiger partial charge on any atom is 0.272 e. The Morgan fingerprint density at radius 1 is 0.882 bits per heavy atom. The van der Waals surface area contributed by atoms with Gasteiger partial charge in [0.1, 0.15) is 5.69 Å². The lowest BCUT2D eigenvalue weighted by Gasteiger charge is -2.18. The molecule has 8 heteroatoms. The summed E-state index contributed by atoms with van der Waals surface area (Å²) < 4.78 is 0. The molecule has 1 aromatic heterocycles. The summed E-state index contributed by atoms with van der Waals surface area (Å²) in [5, 5.41) is 13.9. The third-order valence-corrected chi connectivity index (χ3v) is 5.00. The largest absolute Gasteiger partial charge is 0.335 e. The second kappa shape index (κ2) is 10.6. The van der Waals surface area contributed by atoms with Crippen LogP contribution in [0.4, 0.5) is 0 Å². The molecular formula is C26H21N5O3. The Morgan fingerprint density at radius 2 is 1.53 bits per heavy atom. The number of allylic oxidation sites excluding steroid dienone is 1. The van der Waals surface area contributed by atoms with E-state index in [0.29, 0.717) is 16.3 Å². The number of rotatable bonds is 7. The predicted molar refractivity (Wildman–Crippen MR) is 131 cm³/mol. The smallest absolute Gasteiger partial charge is 0.272 e. The van der Waals surface area contributed by atoms with Crippen LogP contribution in [0.1, 0.15) is 27.7 Å². The minimum Gasteiger partial charge on any atom is -0.335 e. The molecule has 3 aromatic carbocycles. The quantitative estimate of drug-likeness (QED) is 0.295. The summed E-state index contributed by atoms with van der Waals surface area (Å²) in [6.07, 6.45) is 4.95. The van der Waals surface area contributed by atoms with Gasteiger partial charge in [-0.2, -0.15) is 10.2 Å². The predicted octanol–water partition coefficient (Wildman–Crippen LogP) is 3.21. The van der Waals surface area contributed by atoms with Crippen LogP contribution in [-0.2, 0) is 4.79 Å². The first-order valence-electron chi connectivity index (χ1n) is 10.5. The van der Waals surface area contributed by atoms with Crippen LogP contribution in [0.2, 0.25) is 0 Å². The summed E-state index contributed by atoms with van der Waals surface area (Å²) >= 11 is 0. The van der Waals surface area contributed by atoms with Gasteiger partial charge in [0.15, 0.2) is 6.04 Å². The summed E-state index contributed by atoms with van der Waals surface area (Å²) in [4.78, 5) is 38.1. The Labute approximate surface area is 195 Å². The highest BCUT2D eigenvalue weighted by molar-refractivity contribution is 5.99. The van der Waals surface area contributed by atoms with Gasteiger partial charge in [0.25, 0.3) is 17.4 Å². The average Bonchev–Trinajstić information content (AvgIpc) is 2.88. The first-order valence-corrected chi connectivity index (χ1v) is 10.5. The van der Waals surface area contributed by atoms with Crippen molar-refractivity contribution in [2.24, 2.45) is 5.10 Å². The van der Waals surface area contributed by atoms with Gasteiger partial charge < -0.3 is 5.32 Å². The zero-order chi connectivity index (χ0) is 23.8. The maximum atomic E-state index is 13.1. The summed E-state index contributed by atoms with van der Waals surface area (Å²) in [6.45, 7) is 0. The number of benzene rings is 3. The number of aromatic nitrogens is 2. The molecule has 0 saturated heterocycles. The number of amides is 2. The van der Waals surface area contributed by atoms with E-state index >= 15 is 0 Å². The third-order valence-electron chi connectivity index (χ3n) is 5.00. The summed E-state index contributed by atoms with van der Waals surface area (Å²) in [6, 6.07) is 23.7. The van der Waals surface area contributed by atoms with E-state index in [0.717, 1.165) is 5.56 Å². The molecule has 2 amide bonds. The fraction of sp³-hybridized carbons (Fsp3) is 0.0385. The SMILES string of the molecule is O=C(N[C@H](C(=O)N/N=C/C=C/c1ccccc1)c1n[nH]c(=O)c2ccccc12)c1ccccc1. The van der Waals surface area contributed by atoms with Crippen molar-refractivity contribution in [3.63, 3.8) is 0 Å². The second-order valence-electron chi connectivity index (χ2n) is 7.28. The molecule has 3 N–H and O–H groups in total. The molecule has 1 atom stereocenters. The van der Waals surface area contributed by atoms with Crippen LogP contribution >= 0.6 is 0 Å². The molecule has 0 aliphatic carbocycles. The lowest BCUT2D eigenvalue weighted by molar-refractivity contribution is -0.123. The van der Waals surface area contributed by atoms with E-state index in [1.807, 2.05) is 36.4 Å². The van der Waals surface area contributed by atoms with Crippen molar-refractivity contribution < 1.29 is 9.59 Å². The molecule has 1 heterocycles. The van der Waals surface area contributed by atoms with Crippen LogP contribution in [-0.4, -0.2) is 28.2 Å². The number of hydrogen-bond acceptors (Lipinski definition) is 5. The van der Waals surface area contributed by atoms with E-state index in [2.05, 4.69) is 26.0 Å². The zero-order valence-corrected chi connectivity index (χ0v) is 18.0. The lowest BCUT2D eigenvalue weighted by atomic mass is 10.0. The van der Waals surface area contributed by atoms with Gasteiger partial charge in [-0.15, -0.1) is 0 Å². The monoisotopic (exact) mass is 451 g/mol. The Balaban J connectivity index is 1.60. The van der Waals surface area contributed by atoms with E-state index in [1.54, 1.807) is 60.7 Å². The molecule has 8 nitrogen and oxygen atoms in total. The molecule has 4 aromatic rings. The lowest BCUT2D eigenvalue weighted by Crippen LogP contribution is -2.40. The minimum absolute atomic E-state index is 0.201. The molecule has 0 bridgehead atoms. The average molecular weight is 451 g/mol. The van der Waals surface area contributed by atoms with Crippen LogP contribution in [0.5, 0.6) is 0 Å². The summed E-state index contributed by atoms with van der Waals surface area (Å²) in [5.41, 5.74) is 3.61. The number of carbonyl (C=O) groups excluding carboxylic acids is 2. The molecule has 0 radical (unpaired) electrons. The van der Waals surface area contributed by atoms with E-state index in [9.17, 15) is 14.4 Å². The van der Waals surface area contributed by atoms with E-state index < -0.39 is 23.4 Å². The van der Waals surface area contributed by atoms with Gasteiger partial charge in [-0.3, -0.25) is 14.4 Å². The molecular weight excluding hydrogens is 430 g/mol. The van der Waals surface area contributed by atoms with Gasteiger partial charge >= 0.3 is 0 Å². The van der Waals surface area contributed by atoms with Crippen LogP contribution in [0.3, 0.4) is 0 Å². The molecule has 0 fully saturated rings. The number of nitrogens with zero attached hydrogens (tertiary/aromatic N) is 2. The van der Waals surface area contributed by atoms with Crippen LogP contribution in [0.25, 0.3) is 16.8 Å². The van der Waals surface area contributed by atoms with Crippen molar-refractivity contribution in [1.29, 1.82) is 0 Å². The molecule has 34 heavy (non-hydrogen) atoms. The third kappa shape index (κ3) is 5.31. The molecule has 168 valence electrons. The first kappa shape index (κ1) is 22.3. The van der Waals surface area contributed by atoms with Crippen molar-refractivity contribution in [1.82, 2.24) is 20.9 Å². The molecule has 0 saturated carbocycles. The van der Waals surface area contributed by atoms with Gasteiger partial charge in [0.2, 0.25) is 0 Å². The highest BCUT2D eigenvalue weighted by atomic mass is 16.2. The molecule has 4 rings (SSSR count). The van der Waals surface area contributed by atoms with E-state index in [1.165, 1.54) is 6.21 Å². The molecule has 0 aliphatic heterocycles. The standard InChI is InChI=1S/C26H21N5O3/c32-24(19-13-5-2-6-14-19)28-23(22-20-15-7-8-16-21(20)25(33)31-29-22)26(34)30-27-17-9-12-18-10-3-1-4-11-18/h1-17,23H,(H,28,32)(H,30,34)(H,31,33)/b12-9+,27-17+/t23-/m0/s1. The number of nitrogens with one attached hydrogen (secondary N) is 3. The van der Waals surface area contributed by atoms with Crippen LogP contribution in [0, 0.1) is 0 Å². The van der Waals surface area contributed by atoms with Crippen molar-refractivity contribution in [3.8, 4) is 0 Å². The van der Waals surface area contributed by atoms with Gasteiger partial charge in [0, 0.05) is 17.2 Å². The number of hydrogen-bond donors (Lipinski definition) is 3. The van der Waals surface area contributed by atoms with Gasteiger partial charge in [0.05, 0.1) is 5.39 Å². The number of aromatic amines is 1. The zero-order valence-electron chi connectivity index (χ0n) is 18.0. The summed E-state index contributed by atoms with van der Waals surface area (Å²) in [5.74, 6) is -1.08. The van der Waals surface area contributed by atoms with E-state index in [4.69, 9.17) is 0 Å². The van der Waals surface area contributed by atoms with Gasteiger partial charge in [-0.1, -0.05) is 72.8 Å². The Bertz CT molecular complexity index is 1410. The second-order valence-corrected chi connectivity index (χ2v) is 7.28. The van der Waals surface area contributed by atoms with Crippen molar-refractivity contribution in [2.45, 2.75) is 6.04 Å². The number of H-pyrrole nitrogens is 1. The van der Waals surface area contributed by atoms with Crippen LogP contribution < -0.4 is 16.3 Å². The molecule has 0 unspecified atom stereocenters. The van der Waals surface area contributed by atoms with E-state index in [-0.39, 0.29) is 5.69 Å². The minimum atomic E-state index is -1.20. The highest BCUT2D eigenvalue weighted by Crippen LogP contribution is 2.20. The van der Waals surface area contributed by atoms with Crippen LogP contribution in [0.15, 0.2) is 101 Å². The van der Waals surface area contributed by atoms with Gasteiger partial charge in [-0.05, 0) is 29.8 Å². The fourth-order valence-electron chi connectivity index (χ4n) is 3.34. The molecule has 0 spiro atoms. The van der Waals surface area contributed by atoms with Crippen molar-refractivity contribution >= 4 is 34.9 Å². The number of carbonyl (C=O) groups is 2. The number of fused-ring (bicyclic) bond motifs is 1. The Hall–Kier alpha value is -4.85. The summed E-state index contributed by atoms with van der Waals surface area (Å²) in [7, 11) is 0.